The molecule has 2 unspecified atom stereocenters. The fraction of sp³-hybridized carbons (Fsp3) is 0.333. The first-order chi connectivity index (χ1) is 24.6. The lowest BCUT2D eigenvalue weighted by molar-refractivity contribution is -0.136. The number of fused-ring (bicyclic) bond motifs is 2. The van der Waals surface area contributed by atoms with E-state index < -0.39 is 18.0 Å². The van der Waals surface area contributed by atoms with E-state index in [4.69, 9.17) is 0 Å². The van der Waals surface area contributed by atoms with Gasteiger partial charge >= 0.3 is 0 Å². The molecule has 0 aliphatic carbocycles. The summed E-state index contributed by atoms with van der Waals surface area (Å²) >= 11 is 0. The molecule has 1 aliphatic rings. The van der Waals surface area contributed by atoms with E-state index in [-0.39, 0.29) is 48.6 Å². The minimum absolute atomic E-state index is 0.116. The van der Waals surface area contributed by atoms with Gasteiger partial charge in [-0.25, -0.2) is 9.97 Å². The molecular formula is C39H40N6O6. The van der Waals surface area contributed by atoms with Gasteiger partial charge in [0.15, 0.2) is 0 Å². The Hall–Kier alpha value is -5.78. The lowest BCUT2D eigenvalue weighted by Crippen LogP contribution is -2.45. The zero-order valence-corrected chi connectivity index (χ0v) is 28.9. The normalized spacial score (nSPS) is 15.2. The smallest absolute Gasteiger partial charge is 0.262 e. The van der Waals surface area contributed by atoms with Gasteiger partial charge in [-0.1, -0.05) is 48.5 Å². The van der Waals surface area contributed by atoms with Gasteiger partial charge < -0.3 is 10.1 Å². The van der Waals surface area contributed by atoms with Crippen molar-refractivity contribution < 1.29 is 19.2 Å². The van der Waals surface area contributed by atoms with Crippen LogP contribution in [0.3, 0.4) is 0 Å². The molecule has 262 valence electrons. The number of imide groups is 1. The fourth-order valence-electron chi connectivity index (χ4n) is 7.04. The van der Waals surface area contributed by atoms with Crippen molar-refractivity contribution in [2.45, 2.75) is 77.3 Å². The number of benzene rings is 3. The summed E-state index contributed by atoms with van der Waals surface area (Å²) in [6, 6.07) is 17.8. The molecule has 1 saturated heterocycles. The number of aryl methyl sites for hydroxylation is 6. The van der Waals surface area contributed by atoms with Gasteiger partial charge in [0.05, 0.1) is 27.8 Å². The third-order valence-corrected chi connectivity index (χ3v) is 9.73. The summed E-state index contributed by atoms with van der Waals surface area (Å²) < 4.78 is 2.81. The highest BCUT2D eigenvalue weighted by Crippen LogP contribution is 2.23. The highest BCUT2D eigenvalue weighted by molar-refractivity contribution is 5.99. The van der Waals surface area contributed by atoms with Gasteiger partial charge in [0, 0.05) is 19.9 Å². The molecule has 0 spiro atoms. The summed E-state index contributed by atoms with van der Waals surface area (Å²) in [6.45, 7) is 3.40. The van der Waals surface area contributed by atoms with Crippen molar-refractivity contribution in [2.75, 3.05) is 7.05 Å². The second kappa shape index (κ2) is 15.0. The average molecular weight is 689 g/mol. The molecule has 0 radical (unpaired) electrons. The van der Waals surface area contributed by atoms with Crippen LogP contribution in [0.4, 0.5) is 0 Å². The van der Waals surface area contributed by atoms with Crippen molar-refractivity contribution in [3.05, 3.63) is 115 Å². The summed E-state index contributed by atoms with van der Waals surface area (Å²) in [5.74, 6) is -0.179. The highest BCUT2D eigenvalue weighted by Gasteiger charge is 2.31. The van der Waals surface area contributed by atoms with Crippen molar-refractivity contribution >= 4 is 45.8 Å². The number of carbonyl (C=O) groups is 4. The van der Waals surface area contributed by atoms with Gasteiger partial charge in [0.2, 0.25) is 17.7 Å². The minimum atomic E-state index is -0.798. The largest absolute Gasteiger partial charge is 0.359 e. The van der Waals surface area contributed by atoms with Crippen LogP contribution >= 0.6 is 0 Å². The van der Waals surface area contributed by atoms with Crippen LogP contribution in [-0.2, 0) is 44.9 Å². The predicted molar refractivity (Wildman–Crippen MR) is 193 cm³/mol. The highest BCUT2D eigenvalue weighted by atomic mass is 16.2. The Bertz CT molecular complexity index is 2290. The number of amides is 3. The third-order valence-electron chi connectivity index (χ3n) is 9.73. The molecule has 51 heavy (non-hydrogen) atoms. The Morgan fingerprint density at radius 2 is 1.41 bits per heavy atom. The van der Waals surface area contributed by atoms with Gasteiger partial charge in [-0.2, -0.15) is 0 Å². The van der Waals surface area contributed by atoms with Gasteiger partial charge in [-0.3, -0.25) is 38.4 Å². The van der Waals surface area contributed by atoms with E-state index >= 15 is 0 Å². The van der Waals surface area contributed by atoms with E-state index in [1.807, 2.05) is 24.3 Å². The monoisotopic (exact) mass is 688 g/mol. The van der Waals surface area contributed by atoms with Crippen LogP contribution in [0.1, 0.15) is 71.7 Å². The van der Waals surface area contributed by atoms with Gasteiger partial charge in [-0.15, -0.1) is 0 Å². The number of nitrogens with one attached hydrogen (secondary N) is 2. The molecule has 2 aromatic heterocycles. The molecule has 5 aromatic rings. The SMILES string of the molecule is CNC(=O)CCC(C=O)n1c(C)nc2cccc(CCc3ccc(CCc4cccc5nc(C)n(C6CCC(=O)NC6=O)c(=O)c45)cc3)c2c1=O. The van der Waals surface area contributed by atoms with Crippen LogP contribution in [0.15, 0.2) is 70.3 Å². The number of hydrogen-bond donors (Lipinski definition) is 2. The van der Waals surface area contributed by atoms with Crippen molar-refractivity contribution in [1.29, 1.82) is 0 Å². The van der Waals surface area contributed by atoms with Gasteiger partial charge in [0.25, 0.3) is 11.1 Å². The molecule has 3 amide bonds. The van der Waals surface area contributed by atoms with Gasteiger partial charge in [-0.05, 0) is 86.8 Å². The maximum atomic E-state index is 13.8. The molecule has 12 nitrogen and oxygen atoms in total. The average Bonchev–Trinajstić information content (AvgIpc) is 3.11. The van der Waals surface area contributed by atoms with E-state index in [0.717, 1.165) is 22.3 Å². The number of nitrogens with zero attached hydrogens (tertiary/aromatic N) is 4. The lowest BCUT2D eigenvalue weighted by Gasteiger charge is -2.24. The van der Waals surface area contributed by atoms with Crippen molar-refractivity contribution in [1.82, 2.24) is 29.7 Å². The molecule has 2 N–H and O–H groups in total. The number of rotatable bonds is 12. The molecule has 6 rings (SSSR count). The number of carbonyl (C=O) groups excluding carboxylic acids is 4. The van der Waals surface area contributed by atoms with E-state index in [1.165, 1.54) is 16.2 Å². The maximum Gasteiger partial charge on any atom is 0.262 e. The second-order valence-electron chi connectivity index (χ2n) is 13.0. The Balaban J connectivity index is 1.18. The first kappa shape index (κ1) is 35.1. The summed E-state index contributed by atoms with van der Waals surface area (Å²) in [5.41, 5.74) is 4.42. The minimum Gasteiger partial charge on any atom is -0.359 e. The summed E-state index contributed by atoms with van der Waals surface area (Å²) in [7, 11) is 1.53. The second-order valence-corrected chi connectivity index (χ2v) is 13.0. The van der Waals surface area contributed by atoms with Crippen LogP contribution < -0.4 is 21.8 Å². The van der Waals surface area contributed by atoms with E-state index in [0.29, 0.717) is 65.4 Å². The topological polar surface area (TPSA) is 162 Å². The first-order valence-electron chi connectivity index (χ1n) is 17.2. The van der Waals surface area contributed by atoms with Crippen LogP contribution in [0.25, 0.3) is 21.8 Å². The number of piperidine rings is 1. The quantitative estimate of drug-likeness (QED) is 0.149. The zero-order chi connectivity index (χ0) is 36.2. The Morgan fingerprint density at radius 3 is 1.96 bits per heavy atom. The summed E-state index contributed by atoms with van der Waals surface area (Å²) in [6.07, 6.45) is 3.96. The Labute approximate surface area is 293 Å². The van der Waals surface area contributed by atoms with Gasteiger partial charge in [0.1, 0.15) is 24.0 Å². The van der Waals surface area contributed by atoms with Crippen molar-refractivity contribution in [2.24, 2.45) is 0 Å². The molecule has 0 saturated carbocycles. The molecule has 3 aromatic carbocycles. The molecule has 2 atom stereocenters. The molecule has 0 bridgehead atoms. The fourth-order valence-corrected chi connectivity index (χ4v) is 7.04. The number of aromatic nitrogens is 4. The van der Waals surface area contributed by atoms with Crippen LogP contribution in [-0.4, -0.2) is 50.2 Å². The van der Waals surface area contributed by atoms with E-state index in [9.17, 15) is 28.8 Å². The lowest BCUT2D eigenvalue weighted by atomic mass is 9.97. The summed E-state index contributed by atoms with van der Waals surface area (Å²) in [5, 5.41) is 5.84. The maximum absolute atomic E-state index is 13.8. The first-order valence-corrected chi connectivity index (χ1v) is 17.2. The zero-order valence-electron chi connectivity index (χ0n) is 28.9. The molecule has 12 heteroatoms. The van der Waals surface area contributed by atoms with Crippen LogP contribution in [0.5, 0.6) is 0 Å². The summed E-state index contributed by atoms with van der Waals surface area (Å²) in [4.78, 5) is 85.0. The number of hydrogen-bond acceptors (Lipinski definition) is 8. The number of aldehydes is 1. The van der Waals surface area contributed by atoms with Crippen molar-refractivity contribution in [3.63, 3.8) is 0 Å². The Kier molecular flexibility index (Phi) is 10.3. The van der Waals surface area contributed by atoms with E-state index in [2.05, 4.69) is 44.9 Å². The standard InChI is InChI=1S/C39H40N6O6/c1-23-41-30-8-4-6-27(35(30)38(50)44(23)29(22-46)18-20-33(47)40-3)16-14-25-10-12-26(13-11-25)15-17-28-7-5-9-31-36(28)39(51)45(24(2)42-31)32-19-21-34(48)43-37(32)49/h4-13,22,29,32H,14-21H2,1-3H3,(H,40,47)(H,43,48,49). The Morgan fingerprint density at radius 1 is 0.843 bits per heavy atom. The van der Waals surface area contributed by atoms with Crippen LogP contribution in [0, 0.1) is 13.8 Å². The molecule has 1 fully saturated rings. The predicted octanol–water partition coefficient (Wildman–Crippen LogP) is 3.54. The van der Waals surface area contributed by atoms with Crippen LogP contribution in [0.2, 0.25) is 0 Å². The molecule has 3 heterocycles. The molecular weight excluding hydrogens is 648 g/mol. The van der Waals surface area contributed by atoms with E-state index in [1.54, 1.807) is 26.0 Å². The third kappa shape index (κ3) is 7.26. The van der Waals surface area contributed by atoms with Crippen molar-refractivity contribution in [3.8, 4) is 0 Å². The molecule has 1 aliphatic heterocycles.